The van der Waals surface area contributed by atoms with Gasteiger partial charge in [-0.2, -0.15) is 4.98 Å². The molecule has 1 aromatic heterocycles. The molecule has 0 atom stereocenters. The molecule has 0 radical (unpaired) electrons. The number of nitrogen functional groups attached to an aromatic ring is 1. The number of anilines is 1. The molecule has 20 heavy (non-hydrogen) atoms. The molecule has 0 spiro atoms. The number of benzene rings is 2. The van der Waals surface area contributed by atoms with Crippen molar-refractivity contribution in [3.63, 3.8) is 0 Å². The number of hydrogen-bond donors (Lipinski definition) is 1. The summed E-state index contributed by atoms with van der Waals surface area (Å²) in [5.41, 5.74) is 8.75. The Balaban J connectivity index is 2.34. The molecule has 0 aliphatic rings. The summed E-state index contributed by atoms with van der Waals surface area (Å²) >= 11 is 0. The number of aromatic nitrogens is 2. The number of rotatable bonds is 2. The van der Waals surface area contributed by atoms with E-state index in [0.717, 1.165) is 22.2 Å². The van der Waals surface area contributed by atoms with Crippen LogP contribution in [-0.4, -0.2) is 17.1 Å². The summed E-state index contributed by atoms with van der Waals surface area (Å²) in [4.78, 5) is 8.38. The summed E-state index contributed by atoms with van der Waals surface area (Å²) < 4.78 is 5.18. The number of hydrogen-bond acceptors (Lipinski definition) is 4. The van der Waals surface area contributed by atoms with Crippen molar-refractivity contribution in [3.8, 4) is 17.1 Å². The monoisotopic (exact) mass is 265 g/mol. The third kappa shape index (κ3) is 2.05. The van der Waals surface area contributed by atoms with Gasteiger partial charge in [0.2, 0.25) is 11.8 Å². The topological polar surface area (TPSA) is 61.0 Å². The Bertz CT molecular complexity index is 784. The zero-order chi connectivity index (χ0) is 14.1. The minimum Gasteiger partial charge on any atom is -0.481 e. The molecule has 0 saturated heterocycles. The zero-order valence-corrected chi connectivity index (χ0v) is 11.4. The summed E-state index contributed by atoms with van der Waals surface area (Å²) in [5.74, 6) is 0.687. The van der Waals surface area contributed by atoms with Crippen molar-refractivity contribution in [3.05, 3.63) is 48.0 Å². The maximum Gasteiger partial charge on any atom is 0.223 e. The third-order valence-corrected chi connectivity index (χ3v) is 3.32. The molecule has 0 saturated carbocycles. The van der Waals surface area contributed by atoms with E-state index >= 15 is 0 Å². The van der Waals surface area contributed by atoms with Gasteiger partial charge in [-0.3, -0.25) is 0 Å². The van der Waals surface area contributed by atoms with Crippen LogP contribution < -0.4 is 10.5 Å². The first-order chi connectivity index (χ1) is 9.69. The fourth-order valence-corrected chi connectivity index (χ4v) is 2.40. The van der Waals surface area contributed by atoms with E-state index < -0.39 is 0 Å². The summed E-state index contributed by atoms with van der Waals surface area (Å²) in [6.45, 7) is 2.06. The number of aryl methyl sites for hydroxylation is 1. The molecule has 0 unspecified atom stereocenters. The Labute approximate surface area is 117 Å². The fourth-order valence-electron chi connectivity index (χ4n) is 2.40. The van der Waals surface area contributed by atoms with Crippen LogP contribution in [-0.2, 0) is 0 Å². The highest BCUT2D eigenvalue weighted by molar-refractivity contribution is 5.97. The second kappa shape index (κ2) is 4.81. The van der Waals surface area contributed by atoms with E-state index in [0.29, 0.717) is 5.88 Å². The first-order valence-electron chi connectivity index (χ1n) is 6.36. The highest BCUT2D eigenvalue weighted by Crippen LogP contribution is 2.32. The quantitative estimate of drug-likeness (QED) is 0.773. The molecule has 0 amide bonds. The van der Waals surface area contributed by atoms with Crippen molar-refractivity contribution in [1.29, 1.82) is 0 Å². The van der Waals surface area contributed by atoms with E-state index in [1.807, 2.05) is 18.2 Å². The van der Waals surface area contributed by atoms with Gasteiger partial charge in [-0.15, -0.1) is 0 Å². The molecule has 4 nitrogen and oxygen atoms in total. The molecule has 0 aliphatic heterocycles. The lowest BCUT2D eigenvalue weighted by atomic mass is 9.97. The maximum atomic E-state index is 5.76. The average molecular weight is 265 g/mol. The second-order valence-corrected chi connectivity index (χ2v) is 4.63. The predicted molar refractivity (Wildman–Crippen MR) is 80.7 cm³/mol. The van der Waals surface area contributed by atoms with Crippen LogP contribution in [0.3, 0.4) is 0 Å². The molecule has 0 fully saturated rings. The molecule has 100 valence electrons. The number of methoxy groups -OCH3 is 1. The normalized spacial score (nSPS) is 10.7. The van der Waals surface area contributed by atoms with E-state index in [4.69, 9.17) is 10.5 Å². The molecule has 4 heteroatoms. The third-order valence-electron chi connectivity index (χ3n) is 3.32. The van der Waals surface area contributed by atoms with Crippen LogP contribution in [0.25, 0.3) is 22.0 Å². The summed E-state index contributed by atoms with van der Waals surface area (Å²) in [5, 5.41) is 2.32. The van der Waals surface area contributed by atoms with E-state index in [9.17, 15) is 0 Å². The Morgan fingerprint density at radius 1 is 1.05 bits per heavy atom. The van der Waals surface area contributed by atoms with Gasteiger partial charge in [-0.25, -0.2) is 4.98 Å². The molecule has 0 bridgehead atoms. The van der Waals surface area contributed by atoms with Gasteiger partial charge in [0.25, 0.3) is 0 Å². The first-order valence-corrected chi connectivity index (χ1v) is 6.36. The molecule has 2 N–H and O–H groups in total. The average Bonchev–Trinajstić information content (AvgIpc) is 2.46. The largest absolute Gasteiger partial charge is 0.481 e. The van der Waals surface area contributed by atoms with Crippen LogP contribution in [0.2, 0.25) is 0 Å². The van der Waals surface area contributed by atoms with Gasteiger partial charge in [-0.05, 0) is 23.3 Å². The van der Waals surface area contributed by atoms with Gasteiger partial charge in [-0.1, -0.05) is 36.4 Å². The van der Waals surface area contributed by atoms with Gasteiger partial charge in [0.1, 0.15) is 0 Å². The second-order valence-electron chi connectivity index (χ2n) is 4.63. The maximum absolute atomic E-state index is 5.76. The summed E-state index contributed by atoms with van der Waals surface area (Å²) in [7, 11) is 1.57. The van der Waals surface area contributed by atoms with Crippen molar-refractivity contribution >= 4 is 16.7 Å². The Morgan fingerprint density at radius 2 is 1.85 bits per heavy atom. The minimum atomic E-state index is 0.215. The predicted octanol–water partition coefficient (Wildman–Crippen LogP) is 3.20. The Kier molecular flexibility index (Phi) is 2.99. The van der Waals surface area contributed by atoms with E-state index in [2.05, 4.69) is 41.2 Å². The minimum absolute atomic E-state index is 0.215. The standard InChI is InChI=1S/C16H15N3O/c1-10-7-8-11-5-3-4-6-12(11)15(10)13-9-14(20-2)19-16(17)18-13/h3-9H,1-2H3,(H2,17,18,19). The molecule has 0 aliphatic carbocycles. The van der Waals surface area contributed by atoms with Crippen molar-refractivity contribution in [2.24, 2.45) is 0 Å². The smallest absolute Gasteiger partial charge is 0.223 e. The van der Waals surface area contributed by atoms with Crippen LogP contribution in [0.5, 0.6) is 5.88 Å². The van der Waals surface area contributed by atoms with E-state index in [-0.39, 0.29) is 5.95 Å². The Hall–Kier alpha value is -2.62. The van der Waals surface area contributed by atoms with Crippen LogP contribution in [0.1, 0.15) is 5.56 Å². The molecular formula is C16H15N3O. The first kappa shape index (κ1) is 12.4. The van der Waals surface area contributed by atoms with Crippen LogP contribution in [0, 0.1) is 6.92 Å². The Morgan fingerprint density at radius 3 is 2.65 bits per heavy atom. The number of nitrogens with two attached hydrogens (primary N) is 1. The molecule has 3 aromatic rings. The molecule has 2 aromatic carbocycles. The summed E-state index contributed by atoms with van der Waals surface area (Å²) in [6, 6.07) is 14.2. The van der Waals surface area contributed by atoms with Gasteiger partial charge >= 0.3 is 0 Å². The highest BCUT2D eigenvalue weighted by atomic mass is 16.5. The van der Waals surface area contributed by atoms with Crippen molar-refractivity contribution < 1.29 is 4.74 Å². The van der Waals surface area contributed by atoms with Gasteiger partial charge < -0.3 is 10.5 Å². The molecule has 3 rings (SSSR count). The van der Waals surface area contributed by atoms with E-state index in [1.165, 1.54) is 5.39 Å². The lowest BCUT2D eigenvalue weighted by molar-refractivity contribution is 0.398. The van der Waals surface area contributed by atoms with Gasteiger partial charge in [0.05, 0.1) is 12.8 Å². The van der Waals surface area contributed by atoms with Crippen molar-refractivity contribution in [1.82, 2.24) is 9.97 Å². The van der Waals surface area contributed by atoms with Crippen LogP contribution in [0.4, 0.5) is 5.95 Å². The van der Waals surface area contributed by atoms with Crippen LogP contribution in [0.15, 0.2) is 42.5 Å². The van der Waals surface area contributed by atoms with Crippen molar-refractivity contribution in [2.45, 2.75) is 6.92 Å². The van der Waals surface area contributed by atoms with Crippen molar-refractivity contribution in [2.75, 3.05) is 12.8 Å². The van der Waals surface area contributed by atoms with Gasteiger partial charge in [0, 0.05) is 11.6 Å². The molecular weight excluding hydrogens is 250 g/mol. The number of nitrogens with zero attached hydrogens (tertiary/aromatic N) is 2. The summed E-state index contributed by atoms with van der Waals surface area (Å²) in [6.07, 6.45) is 0. The highest BCUT2D eigenvalue weighted by Gasteiger charge is 2.11. The SMILES string of the molecule is COc1cc(-c2c(C)ccc3ccccc23)nc(N)n1. The number of fused-ring (bicyclic) bond motifs is 1. The van der Waals surface area contributed by atoms with Crippen LogP contribution >= 0.6 is 0 Å². The lowest BCUT2D eigenvalue weighted by Crippen LogP contribution is -2.00. The number of ether oxygens (including phenoxy) is 1. The fraction of sp³-hybridized carbons (Fsp3) is 0.125. The lowest BCUT2D eigenvalue weighted by Gasteiger charge is -2.11. The van der Waals surface area contributed by atoms with E-state index in [1.54, 1.807) is 7.11 Å². The zero-order valence-electron chi connectivity index (χ0n) is 11.4. The molecule has 1 heterocycles. The van der Waals surface area contributed by atoms with Gasteiger partial charge in [0.15, 0.2) is 0 Å².